The Morgan fingerprint density at radius 1 is 0.905 bits per heavy atom. The van der Waals surface area contributed by atoms with Gasteiger partial charge in [-0.3, -0.25) is 4.98 Å². The van der Waals surface area contributed by atoms with E-state index in [9.17, 15) is 21.6 Å². The monoisotopic (exact) mass is 599 g/mol. The normalized spacial score (nSPS) is 16.0. The Balaban J connectivity index is 0.000000517. The second kappa shape index (κ2) is 11.5. The molecule has 42 heavy (non-hydrogen) atoms. The molecule has 1 aliphatic heterocycles. The Morgan fingerprint density at radius 3 is 2.19 bits per heavy atom. The third kappa shape index (κ3) is 6.36. The van der Waals surface area contributed by atoms with Gasteiger partial charge >= 0.3 is 22.3 Å². The van der Waals surface area contributed by atoms with E-state index < -0.39 is 27.8 Å². The minimum Gasteiger partial charge on any atom is -0.495 e. The summed E-state index contributed by atoms with van der Waals surface area (Å²) >= 11 is 0. The molecule has 0 saturated heterocycles. The molecule has 218 valence electrons. The maximum atomic E-state index is 11.6. The molecule has 5 rings (SSSR count). The van der Waals surface area contributed by atoms with Crippen LogP contribution < -0.4 is 14.7 Å². The minimum absolute atomic E-state index is 0.228. The van der Waals surface area contributed by atoms with Crippen LogP contribution in [0.25, 0.3) is 11.1 Å². The van der Waals surface area contributed by atoms with Gasteiger partial charge in [0.25, 0.3) is 0 Å². The van der Waals surface area contributed by atoms with Gasteiger partial charge in [0.05, 0.1) is 19.6 Å². The van der Waals surface area contributed by atoms with Crippen molar-refractivity contribution in [3.8, 4) is 22.6 Å². The van der Waals surface area contributed by atoms with Crippen molar-refractivity contribution >= 4 is 21.9 Å². The number of rotatable bonds is 6. The van der Waals surface area contributed by atoms with E-state index in [4.69, 9.17) is 29.5 Å². The van der Waals surface area contributed by atoms with Crippen LogP contribution in [0.4, 0.5) is 13.2 Å². The number of carboxylic acids is 1. The van der Waals surface area contributed by atoms with E-state index >= 15 is 0 Å². The number of benzene rings is 3. The van der Waals surface area contributed by atoms with Gasteiger partial charge in [0.2, 0.25) is 0 Å². The molecule has 3 N–H and O–H groups in total. The molecule has 1 aliphatic rings. The van der Waals surface area contributed by atoms with Crippen LogP contribution in [0.5, 0.6) is 11.5 Å². The molecule has 0 spiro atoms. The molecular weight excluding hydrogens is 575 g/mol. The van der Waals surface area contributed by atoms with Crippen molar-refractivity contribution in [2.24, 2.45) is 10.7 Å². The molecule has 0 amide bonds. The van der Waals surface area contributed by atoms with Crippen LogP contribution in [0.2, 0.25) is 0 Å². The van der Waals surface area contributed by atoms with Crippen LogP contribution in [0.15, 0.2) is 96.2 Å². The number of nitrogens with zero attached hydrogens (tertiary/aromatic N) is 2. The second-order valence-electron chi connectivity index (χ2n) is 9.06. The van der Waals surface area contributed by atoms with E-state index in [1.165, 1.54) is 0 Å². The van der Waals surface area contributed by atoms with Crippen LogP contribution in [0, 0.1) is 0 Å². The van der Waals surface area contributed by atoms with Crippen molar-refractivity contribution in [2.75, 3.05) is 13.4 Å². The summed E-state index contributed by atoms with van der Waals surface area (Å²) in [5, 5.41) is 7.12. The fourth-order valence-electron chi connectivity index (χ4n) is 4.47. The smallest absolute Gasteiger partial charge is 0.490 e. The number of aliphatic carboxylic acids is 1. The Labute approximate surface area is 239 Å². The summed E-state index contributed by atoms with van der Waals surface area (Å²) in [4.78, 5) is 18.2. The van der Waals surface area contributed by atoms with Gasteiger partial charge in [0.15, 0.2) is 0 Å². The van der Waals surface area contributed by atoms with E-state index in [2.05, 4.69) is 11.1 Å². The molecule has 9 nitrogen and oxygen atoms in total. The lowest BCUT2D eigenvalue weighted by molar-refractivity contribution is -0.192. The van der Waals surface area contributed by atoms with Crippen LogP contribution in [-0.4, -0.2) is 49.9 Å². The molecule has 0 bridgehead atoms. The minimum atomic E-state index is -5.08. The maximum Gasteiger partial charge on any atom is 0.490 e. The molecule has 4 aromatic rings. The molecule has 1 aromatic heterocycles. The zero-order chi connectivity index (χ0) is 30.7. The highest BCUT2D eigenvalue weighted by Gasteiger charge is 2.43. The van der Waals surface area contributed by atoms with E-state index in [1.807, 2.05) is 60.7 Å². The largest absolute Gasteiger partial charge is 0.495 e. The maximum absolute atomic E-state index is 11.6. The molecule has 3 aromatic carbocycles. The highest BCUT2D eigenvalue weighted by Crippen LogP contribution is 2.47. The van der Waals surface area contributed by atoms with E-state index in [-0.39, 0.29) is 5.75 Å². The third-order valence-electron chi connectivity index (χ3n) is 6.21. The first kappa shape index (κ1) is 30.1. The van der Waals surface area contributed by atoms with Crippen LogP contribution in [-0.2, 0) is 20.5 Å². The number of carboxylic acid groups (broad SMARTS) is 1. The predicted molar refractivity (Wildman–Crippen MR) is 149 cm³/mol. The number of halogens is 3. The molecule has 0 saturated carbocycles. The van der Waals surface area contributed by atoms with Gasteiger partial charge in [0, 0.05) is 17.3 Å². The number of pyridine rings is 1. The number of ether oxygens (including phenoxy) is 1. The average molecular weight is 600 g/mol. The quantitative estimate of drug-likeness (QED) is 0.303. The number of hydrogen-bond donors (Lipinski definition) is 2. The number of aromatic nitrogens is 1. The van der Waals surface area contributed by atoms with Crippen molar-refractivity contribution in [2.45, 2.75) is 11.7 Å². The molecule has 13 heteroatoms. The molecular formula is C29H24F3N3O6S. The first-order chi connectivity index (χ1) is 19.7. The summed E-state index contributed by atoms with van der Waals surface area (Å²) in [6.07, 6.45) is -0.626. The Kier molecular flexibility index (Phi) is 8.25. The van der Waals surface area contributed by atoms with Crippen LogP contribution in [0.1, 0.15) is 22.3 Å². The van der Waals surface area contributed by atoms with Gasteiger partial charge in [-0.15, -0.1) is 0 Å². The first-order valence-electron chi connectivity index (χ1n) is 12.1. The fraction of sp³-hybridized carbons (Fsp3) is 0.138. The standard InChI is InChI=1S/C27H23N3O4S.C2HF3O2/c1-33-23-15-19(16-29-17-23)18-6-5-7-21(14-18)27(25-9-4-3-8-24(25)26(28)30-27)20-10-12-22(13-11-20)34-35(2,31)32;3-2(4,5)1(6)7/h3-17H,1-2H3,(H2,28,30);(H,6,7). The van der Waals surface area contributed by atoms with Crippen molar-refractivity contribution < 1.29 is 40.4 Å². The molecule has 1 unspecified atom stereocenters. The van der Waals surface area contributed by atoms with Gasteiger partial charge in [0.1, 0.15) is 22.9 Å². The average Bonchev–Trinajstić information content (AvgIpc) is 3.26. The summed E-state index contributed by atoms with van der Waals surface area (Å²) in [7, 11) is -2.03. The van der Waals surface area contributed by atoms with Crippen LogP contribution in [0.3, 0.4) is 0 Å². The molecule has 2 heterocycles. The number of methoxy groups -OCH3 is 1. The molecule has 0 radical (unpaired) electrons. The highest BCUT2D eigenvalue weighted by molar-refractivity contribution is 7.86. The molecule has 1 atom stereocenters. The summed E-state index contributed by atoms with van der Waals surface area (Å²) in [6.45, 7) is 0. The zero-order valence-corrected chi connectivity index (χ0v) is 23.0. The van der Waals surface area contributed by atoms with E-state index in [0.29, 0.717) is 11.6 Å². The van der Waals surface area contributed by atoms with Crippen molar-refractivity contribution in [1.29, 1.82) is 0 Å². The fourth-order valence-corrected chi connectivity index (χ4v) is 4.93. The molecule has 0 fully saturated rings. The lowest BCUT2D eigenvalue weighted by Gasteiger charge is -2.29. The van der Waals surface area contributed by atoms with Crippen molar-refractivity contribution in [3.63, 3.8) is 0 Å². The topological polar surface area (TPSA) is 141 Å². The summed E-state index contributed by atoms with van der Waals surface area (Å²) in [5.74, 6) is -1.43. The Morgan fingerprint density at radius 2 is 1.57 bits per heavy atom. The van der Waals surface area contributed by atoms with Gasteiger partial charge in [-0.1, -0.05) is 54.6 Å². The van der Waals surface area contributed by atoms with Gasteiger partial charge in [-0.2, -0.15) is 21.6 Å². The van der Waals surface area contributed by atoms with Crippen molar-refractivity contribution in [3.05, 3.63) is 114 Å². The van der Waals surface area contributed by atoms with Gasteiger partial charge in [-0.25, -0.2) is 9.79 Å². The lowest BCUT2D eigenvalue weighted by Crippen LogP contribution is -2.25. The lowest BCUT2D eigenvalue weighted by atomic mass is 9.77. The number of hydrogen-bond acceptors (Lipinski definition) is 8. The third-order valence-corrected chi connectivity index (χ3v) is 6.70. The number of carbonyl (C=O) groups is 1. The Hall–Kier alpha value is -4.91. The molecule has 0 aliphatic carbocycles. The Bertz CT molecular complexity index is 1760. The summed E-state index contributed by atoms with van der Waals surface area (Å²) in [5.41, 5.74) is 10.9. The number of nitrogens with two attached hydrogens (primary N) is 1. The second-order valence-corrected chi connectivity index (χ2v) is 10.6. The first-order valence-corrected chi connectivity index (χ1v) is 13.9. The number of fused-ring (bicyclic) bond motifs is 1. The number of amidine groups is 1. The summed E-state index contributed by atoms with van der Waals surface area (Å²) < 4.78 is 65.3. The van der Waals surface area contributed by atoms with Crippen molar-refractivity contribution in [1.82, 2.24) is 4.98 Å². The van der Waals surface area contributed by atoms with E-state index in [1.54, 1.807) is 31.6 Å². The van der Waals surface area contributed by atoms with Gasteiger partial charge in [-0.05, 0) is 46.5 Å². The highest BCUT2D eigenvalue weighted by atomic mass is 32.2. The number of aliphatic imine (C=N–C) groups is 1. The van der Waals surface area contributed by atoms with E-state index in [0.717, 1.165) is 39.6 Å². The number of alkyl halides is 3. The van der Waals surface area contributed by atoms with Crippen LogP contribution >= 0.6 is 0 Å². The SMILES string of the molecule is COc1cncc(-c2cccc(C3(c4ccc(OS(C)(=O)=O)cc4)N=C(N)c4ccccc43)c2)c1.O=C(O)C(F)(F)F. The summed E-state index contributed by atoms with van der Waals surface area (Å²) in [6, 6.07) is 24.7. The predicted octanol–water partition coefficient (Wildman–Crippen LogP) is 4.74. The zero-order valence-electron chi connectivity index (χ0n) is 22.2. The van der Waals surface area contributed by atoms with Gasteiger partial charge < -0.3 is 19.8 Å².